The van der Waals surface area contributed by atoms with Gasteiger partial charge < -0.3 is 14.6 Å². The van der Waals surface area contributed by atoms with E-state index in [9.17, 15) is 0 Å². The van der Waals surface area contributed by atoms with Gasteiger partial charge in [-0.3, -0.25) is 0 Å². The summed E-state index contributed by atoms with van der Waals surface area (Å²) in [6, 6.07) is 9.99. The highest BCUT2D eigenvalue weighted by Gasteiger charge is 2.09. The van der Waals surface area contributed by atoms with Crippen molar-refractivity contribution in [1.29, 1.82) is 0 Å². The first-order chi connectivity index (χ1) is 11.1. The van der Waals surface area contributed by atoms with Crippen LogP contribution in [0.2, 0.25) is 5.02 Å². The molecule has 0 radical (unpaired) electrons. The Bertz CT molecular complexity index is 611. The molecule has 0 aliphatic carbocycles. The Morgan fingerprint density at radius 3 is 2.65 bits per heavy atom. The number of nitrogens with zero attached hydrogens (tertiary/aromatic N) is 1. The van der Waals surface area contributed by atoms with Crippen molar-refractivity contribution in [3.8, 4) is 11.3 Å². The third kappa shape index (κ3) is 5.78. The molecule has 23 heavy (non-hydrogen) atoms. The summed E-state index contributed by atoms with van der Waals surface area (Å²) in [6.07, 6.45) is 1.15. The molecule has 126 valence electrons. The van der Waals surface area contributed by atoms with Gasteiger partial charge in [0.15, 0.2) is 0 Å². The number of furan rings is 1. The van der Waals surface area contributed by atoms with Crippen LogP contribution in [0.15, 0.2) is 34.7 Å². The van der Waals surface area contributed by atoms with E-state index in [-0.39, 0.29) is 0 Å². The van der Waals surface area contributed by atoms with E-state index in [1.54, 1.807) is 0 Å². The van der Waals surface area contributed by atoms with Crippen LogP contribution in [0.25, 0.3) is 11.3 Å². The summed E-state index contributed by atoms with van der Waals surface area (Å²) in [5, 5.41) is 4.17. The number of hydrogen-bond donors (Lipinski definition) is 1. The largest absolute Gasteiger partial charge is 0.460 e. The van der Waals surface area contributed by atoms with Crippen LogP contribution in [0, 0.1) is 3.57 Å². The zero-order valence-electron chi connectivity index (χ0n) is 13.7. The fraction of sp³-hybridized carbons (Fsp3) is 0.444. The topological polar surface area (TPSA) is 28.4 Å². The third-order valence-electron chi connectivity index (χ3n) is 3.88. The van der Waals surface area contributed by atoms with Crippen LogP contribution in [-0.4, -0.2) is 31.1 Å². The van der Waals surface area contributed by atoms with Gasteiger partial charge in [0.2, 0.25) is 0 Å². The molecular formula is C18H24ClIN2O. The molecular weight excluding hydrogens is 423 g/mol. The van der Waals surface area contributed by atoms with Gasteiger partial charge in [0.05, 0.1) is 11.6 Å². The molecule has 1 N–H and O–H groups in total. The predicted octanol–water partition coefficient (Wildman–Crippen LogP) is 5.03. The second kappa shape index (κ2) is 9.67. The molecule has 0 saturated heterocycles. The number of hydrogen-bond acceptors (Lipinski definition) is 3. The number of nitrogens with one attached hydrogen (secondary N) is 1. The van der Waals surface area contributed by atoms with E-state index in [4.69, 9.17) is 16.0 Å². The third-order valence-corrected chi connectivity index (χ3v) is 4.86. The summed E-state index contributed by atoms with van der Waals surface area (Å²) in [6.45, 7) is 9.54. The van der Waals surface area contributed by atoms with E-state index in [2.05, 4.69) is 46.7 Å². The summed E-state index contributed by atoms with van der Waals surface area (Å²) in [7, 11) is 0. The zero-order chi connectivity index (χ0) is 16.7. The minimum atomic E-state index is 0.727. The summed E-state index contributed by atoms with van der Waals surface area (Å²) < 4.78 is 7.02. The van der Waals surface area contributed by atoms with Crippen molar-refractivity contribution >= 4 is 34.2 Å². The lowest BCUT2D eigenvalue weighted by Gasteiger charge is -2.17. The molecule has 3 nitrogen and oxygen atoms in total. The van der Waals surface area contributed by atoms with Gasteiger partial charge in [-0.05, 0) is 85.5 Å². The minimum absolute atomic E-state index is 0.727. The van der Waals surface area contributed by atoms with E-state index in [1.807, 2.05) is 30.3 Å². The fourth-order valence-electron chi connectivity index (χ4n) is 2.49. The molecule has 1 aromatic heterocycles. The highest BCUT2D eigenvalue weighted by Crippen LogP contribution is 2.30. The molecule has 2 rings (SSSR count). The van der Waals surface area contributed by atoms with Gasteiger partial charge >= 0.3 is 0 Å². The molecule has 0 saturated carbocycles. The van der Waals surface area contributed by atoms with Crippen molar-refractivity contribution in [3.63, 3.8) is 0 Å². The molecule has 0 aliphatic rings. The highest BCUT2D eigenvalue weighted by molar-refractivity contribution is 14.1. The van der Waals surface area contributed by atoms with Crippen molar-refractivity contribution in [3.05, 3.63) is 44.7 Å². The van der Waals surface area contributed by atoms with Crippen molar-refractivity contribution in [1.82, 2.24) is 10.2 Å². The van der Waals surface area contributed by atoms with E-state index in [0.717, 1.165) is 64.8 Å². The first kappa shape index (κ1) is 18.8. The van der Waals surface area contributed by atoms with Gasteiger partial charge in [0.1, 0.15) is 11.5 Å². The van der Waals surface area contributed by atoms with Crippen LogP contribution < -0.4 is 5.32 Å². The Labute approximate surface area is 157 Å². The summed E-state index contributed by atoms with van der Waals surface area (Å²) in [5.41, 5.74) is 0.944. The van der Waals surface area contributed by atoms with Crippen molar-refractivity contribution in [2.24, 2.45) is 0 Å². The molecule has 0 bridgehead atoms. The Morgan fingerprint density at radius 2 is 1.96 bits per heavy atom. The van der Waals surface area contributed by atoms with Crippen molar-refractivity contribution in [2.45, 2.75) is 26.8 Å². The van der Waals surface area contributed by atoms with Crippen LogP contribution in [-0.2, 0) is 6.54 Å². The lowest BCUT2D eigenvalue weighted by Crippen LogP contribution is -2.27. The first-order valence-corrected chi connectivity index (χ1v) is 9.57. The van der Waals surface area contributed by atoms with Gasteiger partial charge in [-0.15, -0.1) is 0 Å². The molecule has 0 aliphatic heterocycles. The number of benzene rings is 1. The molecule has 0 fully saturated rings. The minimum Gasteiger partial charge on any atom is -0.460 e. The van der Waals surface area contributed by atoms with Crippen LogP contribution >= 0.6 is 34.2 Å². The molecule has 0 unspecified atom stereocenters. The molecule has 0 amide bonds. The average Bonchev–Trinajstić information content (AvgIpc) is 2.99. The molecule has 0 atom stereocenters. The van der Waals surface area contributed by atoms with Gasteiger partial charge in [-0.1, -0.05) is 25.4 Å². The SMILES string of the molecule is CCN(CC)CCCNCc1ccc(-c2ccc(I)cc2Cl)o1. The van der Waals surface area contributed by atoms with Crippen LogP contribution in [0.5, 0.6) is 0 Å². The monoisotopic (exact) mass is 446 g/mol. The van der Waals surface area contributed by atoms with Gasteiger partial charge in [0.25, 0.3) is 0 Å². The van der Waals surface area contributed by atoms with Gasteiger partial charge in [-0.25, -0.2) is 0 Å². The normalized spacial score (nSPS) is 11.3. The highest BCUT2D eigenvalue weighted by atomic mass is 127. The Balaban J connectivity index is 1.81. The van der Waals surface area contributed by atoms with Gasteiger partial charge in [0, 0.05) is 9.13 Å². The number of halogens is 2. The van der Waals surface area contributed by atoms with Gasteiger partial charge in [-0.2, -0.15) is 0 Å². The van der Waals surface area contributed by atoms with E-state index in [1.165, 1.54) is 0 Å². The summed E-state index contributed by atoms with van der Waals surface area (Å²) in [4.78, 5) is 2.44. The van der Waals surface area contributed by atoms with Crippen molar-refractivity contribution in [2.75, 3.05) is 26.2 Å². The second-order valence-corrected chi connectivity index (χ2v) is 7.10. The standard InChI is InChI=1S/C18H24ClIN2O/c1-3-22(4-2)11-5-10-21-13-15-7-9-18(23-15)16-8-6-14(20)12-17(16)19/h6-9,12,21H,3-5,10-11,13H2,1-2H3. The fourth-order valence-corrected chi connectivity index (χ4v) is 3.44. The summed E-state index contributed by atoms with van der Waals surface area (Å²) >= 11 is 8.55. The Kier molecular flexibility index (Phi) is 7.89. The van der Waals surface area contributed by atoms with Crippen molar-refractivity contribution < 1.29 is 4.42 Å². The number of rotatable bonds is 9. The van der Waals surface area contributed by atoms with E-state index >= 15 is 0 Å². The molecule has 2 aromatic rings. The molecule has 5 heteroatoms. The molecule has 0 spiro atoms. The van der Waals surface area contributed by atoms with Crippen LogP contribution in [0.3, 0.4) is 0 Å². The Hall–Kier alpha value is -0.560. The summed E-state index contributed by atoms with van der Waals surface area (Å²) in [5.74, 6) is 1.77. The molecule has 1 heterocycles. The van der Waals surface area contributed by atoms with E-state index < -0.39 is 0 Å². The van der Waals surface area contributed by atoms with Crippen LogP contribution in [0.4, 0.5) is 0 Å². The van der Waals surface area contributed by atoms with E-state index in [0.29, 0.717) is 0 Å². The Morgan fingerprint density at radius 1 is 1.17 bits per heavy atom. The second-order valence-electron chi connectivity index (χ2n) is 5.45. The molecule has 1 aromatic carbocycles. The van der Waals surface area contributed by atoms with Crippen LogP contribution in [0.1, 0.15) is 26.0 Å². The lowest BCUT2D eigenvalue weighted by atomic mass is 10.2. The maximum Gasteiger partial charge on any atom is 0.135 e. The predicted molar refractivity (Wildman–Crippen MR) is 106 cm³/mol. The zero-order valence-corrected chi connectivity index (χ0v) is 16.7. The maximum absolute atomic E-state index is 6.29. The smallest absolute Gasteiger partial charge is 0.135 e. The average molecular weight is 447 g/mol. The lowest BCUT2D eigenvalue weighted by molar-refractivity contribution is 0.297. The first-order valence-electron chi connectivity index (χ1n) is 8.11. The maximum atomic E-state index is 6.29. The quantitative estimate of drug-likeness (QED) is 0.433.